The van der Waals surface area contributed by atoms with Crippen molar-refractivity contribution in [2.24, 2.45) is 0 Å². The maximum absolute atomic E-state index is 13.4. The lowest BCUT2D eigenvalue weighted by Crippen LogP contribution is -2.55. The molecule has 3 heterocycles. The SMILES string of the molecule is COc1ccc2c(c1)C(C)=CC(C)(C)N2C(=O)CN1CCN(c2ncccn2)CC1. The number of rotatable bonds is 4. The molecule has 1 fully saturated rings. The number of benzene rings is 1. The van der Waals surface area contributed by atoms with Gasteiger partial charge in [0.1, 0.15) is 5.75 Å². The van der Waals surface area contributed by atoms with E-state index < -0.39 is 0 Å². The number of nitrogens with zero attached hydrogens (tertiary/aromatic N) is 5. The fraction of sp³-hybridized carbons (Fsp3) is 0.435. The van der Waals surface area contributed by atoms with Crippen LogP contribution in [0.25, 0.3) is 5.57 Å². The number of piperazine rings is 1. The molecule has 0 radical (unpaired) electrons. The molecule has 30 heavy (non-hydrogen) atoms. The minimum atomic E-state index is -0.386. The minimum absolute atomic E-state index is 0.111. The van der Waals surface area contributed by atoms with Gasteiger partial charge in [-0.2, -0.15) is 0 Å². The van der Waals surface area contributed by atoms with E-state index in [2.05, 4.69) is 46.6 Å². The average molecular weight is 408 g/mol. The molecule has 4 rings (SSSR count). The van der Waals surface area contributed by atoms with E-state index in [0.717, 1.165) is 54.7 Å². The summed E-state index contributed by atoms with van der Waals surface area (Å²) >= 11 is 0. The van der Waals surface area contributed by atoms with Crippen molar-refractivity contribution >= 4 is 23.1 Å². The van der Waals surface area contributed by atoms with Crippen molar-refractivity contribution < 1.29 is 9.53 Å². The third-order valence-corrected chi connectivity index (χ3v) is 5.83. The summed E-state index contributed by atoms with van der Waals surface area (Å²) in [7, 11) is 1.66. The Morgan fingerprint density at radius 1 is 1.13 bits per heavy atom. The van der Waals surface area contributed by atoms with Gasteiger partial charge < -0.3 is 14.5 Å². The molecule has 2 aliphatic heterocycles. The van der Waals surface area contributed by atoms with E-state index in [1.54, 1.807) is 19.5 Å². The highest BCUT2D eigenvalue weighted by Gasteiger charge is 2.36. The van der Waals surface area contributed by atoms with E-state index in [9.17, 15) is 4.79 Å². The standard InChI is InChI=1S/C23H29N5O2/c1-17-15-23(2,3)28(20-7-6-18(30-4)14-19(17)20)21(29)16-26-10-12-27(13-11-26)22-24-8-5-9-25-22/h5-9,14-15H,10-13,16H2,1-4H3. The van der Waals surface area contributed by atoms with Crippen LogP contribution in [0.1, 0.15) is 26.3 Å². The number of allylic oxidation sites excluding steroid dienone is 1. The molecule has 0 bridgehead atoms. The van der Waals surface area contributed by atoms with Gasteiger partial charge in [0.15, 0.2) is 0 Å². The lowest BCUT2D eigenvalue weighted by molar-refractivity contribution is -0.120. The Hall–Kier alpha value is -2.93. The molecular weight excluding hydrogens is 378 g/mol. The molecule has 0 N–H and O–H groups in total. The zero-order valence-electron chi connectivity index (χ0n) is 18.1. The Labute approximate surface area is 178 Å². The maximum Gasteiger partial charge on any atom is 0.241 e. The van der Waals surface area contributed by atoms with Gasteiger partial charge in [-0.1, -0.05) is 6.08 Å². The summed E-state index contributed by atoms with van der Waals surface area (Å²) in [5.74, 6) is 1.66. The Kier molecular flexibility index (Phi) is 5.47. The van der Waals surface area contributed by atoms with Gasteiger partial charge in [-0.25, -0.2) is 9.97 Å². The van der Waals surface area contributed by atoms with E-state index in [1.165, 1.54) is 0 Å². The van der Waals surface area contributed by atoms with Crippen molar-refractivity contribution in [1.82, 2.24) is 14.9 Å². The molecule has 0 unspecified atom stereocenters. The van der Waals surface area contributed by atoms with Gasteiger partial charge in [0.2, 0.25) is 11.9 Å². The first-order valence-electron chi connectivity index (χ1n) is 10.3. The van der Waals surface area contributed by atoms with Gasteiger partial charge in [0.25, 0.3) is 0 Å². The molecule has 158 valence electrons. The number of amides is 1. The number of anilines is 2. The first-order chi connectivity index (χ1) is 14.4. The van der Waals surface area contributed by atoms with Gasteiger partial charge in [-0.15, -0.1) is 0 Å². The molecule has 2 aliphatic rings. The van der Waals surface area contributed by atoms with Crippen LogP contribution in [-0.2, 0) is 4.79 Å². The number of ether oxygens (including phenoxy) is 1. The predicted molar refractivity (Wildman–Crippen MR) is 119 cm³/mol. The molecule has 1 saturated heterocycles. The zero-order chi connectivity index (χ0) is 21.3. The second-order valence-electron chi connectivity index (χ2n) is 8.41. The average Bonchev–Trinajstić information content (AvgIpc) is 2.74. The van der Waals surface area contributed by atoms with E-state index >= 15 is 0 Å². The first-order valence-corrected chi connectivity index (χ1v) is 10.3. The van der Waals surface area contributed by atoms with Crippen molar-refractivity contribution in [3.05, 3.63) is 48.3 Å². The molecule has 7 nitrogen and oxygen atoms in total. The number of methoxy groups -OCH3 is 1. The van der Waals surface area contributed by atoms with Crippen LogP contribution in [0.15, 0.2) is 42.7 Å². The number of hydrogen-bond acceptors (Lipinski definition) is 6. The molecule has 7 heteroatoms. The normalized spacial score (nSPS) is 18.6. The Morgan fingerprint density at radius 3 is 2.50 bits per heavy atom. The molecule has 0 aliphatic carbocycles. The number of fused-ring (bicyclic) bond motifs is 1. The number of carbonyl (C=O) groups excluding carboxylic acids is 1. The predicted octanol–water partition coefficient (Wildman–Crippen LogP) is 2.84. The van der Waals surface area contributed by atoms with Crippen molar-refractivity contribution in [3.63, 3.8) is 0 Å². The van der Waals surface area contributed by atoms with Crippen molar-refractivity contribution in [2.45, 2.75) is 26.3 Å². The van der Waals surface area contributed by atoms with E-state index in [0.29, 0.717) is 6.54 Å². The van der Waals surface area contributed by atoms with Gasteiger partial charge in [0, 0.05) is 44.1 Å². The number of hydrogen-bond donors (Lipinski definition) is 0. The number of carbonyl (C=O) groups is 1. The van der Waals surface area contributed by atoms with E-state index in [-0.39, 0.29) is 11.4 Å². The van der Waals surface area contributed by atoms with Crippen LogP contribution >= 0.6 is 0 Å². The monoisotopic (exact) mass is 407 g/mol. The van der Waals surface area contributed by atoms with Crippen LogP contribution in [-0.4, -0.2) is 66.1 Å². The van der Waals surface area contributed by atoms with Gasteiger partial charge in [-0.3, -0.25) is 9.69 Å². The molecule has 1 aromatic heterocycles. The van der Waals surface area contributed by atoms with Crippen molar-refractivity contribution in [1.29, 1.82) is 0 Å². The fourth-order valence-electron chi connectivity index (χ4n) is 4.41. The summed E-state index contributed by atoms with van der Waals surface area (Å²) in [4.78, 5) is 28.4. The maximum atomic E-state index is 13.4. The smallest absolute Gasteiger partial charge is 0.241 e. The van der Waals surface area contributed by atoms with Crippen LogP contribution in [0.2, 0.25) is 0 Å². The molecule has 2 aromatic rings. The Bertz CT molecular complexity index is 949. The summed E-state index contributed by atoms with van der Waals surface area (Å²) < 4.78 is 5.39. The van der Waals surface area contributed by atoms with Gasteiger partial charge >= 0.3 is 0 Å². The lowest BCUT2D eigenvalue weighted by atomic mass is 9.88. The molecule has 1 amide bonds. The van der Waals surface area contributed by atoms with Crippen LogP contribution in [0.3, 0.4) is 0 Å². The highest BCUT2D eigenvalue weighted by Crippen LogP contribution is 2.40. The van der Waals surface area contributed by atoms with E-state index in [4.69, 9.17) is 4.74 Å². The van der Waals surface area contributed by atoms with Crippen LogP contribution in [0.4, 0.5) is 11.6 Å². The molecule has 0 atom stereocenters. The third-order valence-electron chi connectivity index (χ3n) is 5.83. The Morgan fingerprint density at radius 2 is 1.83 bits per heavy atom. The highest BCUT2D eigenvalue weighted by atomic mass is 16.5. The third kappa shape index (κ3) is 3.89. The topological polar surface area (TPSA) is 61.8 Å². The van der Waals surface area contributed by atoms with Gasteiger partial charge in [-0.05, 0) is 50.6 Å². The summed E-state index contributed by atoms with van der Waals surface area (Å²) in [6.45, 7) is 9.91. The molecule has 1 aromatic carbocycles. The zero-order valence-corrected chi connectivity index (χ0v) is 18.1. The number of aromatic nitrogens is 2. The van der Waals surface area contributed by atoms with Crippen LogP contribution < -0.4 is 14.5 Å². The Balaban J connectivity index is 1.48. The second kappa shape index (κ2) is 8.07. The quantitative estimate of drug-likeness (QED) is 0.777. The largest absolute Gasteiger partial charge is 0.497 e. The van der Waals surface area contributed by atoms with Crippen LogP contribution in [0, 0.1) is 0 Å². The highest BCUT2D eigenvalue weighted by molar-refractivity contribution is 6.01. The first kappa shape index (κ1) is 20.3. The van der Waals surface area contributed by atoms with E-state index in [1.807, 2.05) is 29.2 Å². The molecular formula is C23H29N5O2. The van der Waals surface area contributed by atoms with Gasteiger partial charge in [0.05, 0.1) is 24.9 Å². The van der Waals surface area contributed by atoms with Crippen molar-refractivity contribution in [3.8, 4) is 5.75 Å². The minimum Gasteiger partial charge on any atom is -0.497 e. The molecule has 0 spiro atoms. The summed E-state index contributed by atoms with van der Waals surface area (Å²) in [5, 5.41) is 0. The van der Waals surface area contributed by atoms with Crippen LogP contribution in [0.5, 0.6) is 5.75 Å². The summed E-state index contributed by atoms with van der Waals surface area (Å²) in [6.07, 6.45) is 5.69. The second-order valence-corrected chi connectivity index (χ2v) is 8.41. The summed E-state index contributed by atoms with van der Waals surface area (Å²) in [5.41, 5.74) is 2.77. The van der Waals surface area contributed by atoms with Crippen molar-refractivity contribution in [2.75, 3.05) is 49.6 Å². The lowest BCUT2D eigenvalue weighted by Gasteiger charge is -2.43. The molecule has 0 saturated carbocycles. The fourth-order valence-corrected chi connectivity index (χ4v) is 4.41. The summed E-state index contributed by atoms with van der Waals surface area (Å²) in [6, 6.07) is 7.75.